The van der Waals surface area contributed by atoms with Gasteiger partial charge in [-0.25, -0.2) is 9.59 Å². The number of quaternary nitrogens is 1. The third-order valence-corrected chi connectivity index (χ3v) is 6.38. The molecule has 1 atom stereocenters. The lowest BCUT2D eigenvalue weighted by Gasteiger charge is -2.22. The molecule has 1 aliphatic heterocycles. The highest BCUT2D eigenvalue weighted by Gasteiger charge is 2.31. The molecule has 4 rings (SSSR count). The Labute approximate surface area is 170 Å². The molecule has 0 spiro atoms. The van der Waals surface area contributed by atoms with Gasteiger partial charge in [-0.1, -0.05) is 18.2 Å². The highest BCUT2D eigenvalue weighted by atomic mass is 32.1. The first-order valence-electron chi connectivity index (χ1n) is 9.42. The number of hydrogen-bond donors (Lipinski definition) is 2. The van der Waals surface area contributed by atoms with Gasteiger partial charge in [0, 0.05) is 11.8 Å². The van der Waals surface area contributed by atoms with Gasteiger partial charge in [-0.05, 0) is 24.6 Å². The van der Waals surface area contributed by atoms with Crippen LogP contribution < -0.4 is 15.8 Å². The Bertz CT molecular complexity index is 1160. The van der Waals surface area contributed by atoms with Gasteiger partial charge in [0.1, 0.15) is 22.7 Å². The van der Waals surface area contributed by atoms with Gasteiger partial charge in [-0.2, -0.15) is 0 Å². The molecule has 1 aromatic carbocycles. The maximum absolute atomic E-state index is 12.9. The summed E-state index contributed by atoms with van der Waals surface area (Å²) in [6, 6.07) is 8.49. The van der Waals surface area contributed by atoms with Crippen molar-refractivity contribution >= 4 is 39.2 Å². The molecular weight excluding hydrogens is 392 g/mol. The number of carbonyl (C=O) groups excluding carboxylic acids is 2. The second-order valence-corrected chi connectivity index (χ2v) is 8.02. The first-order valence-corrected chi connectivity index (χ1v) is 10.2. The zero-order chi connectivity index (χ0) is 20.5. The Hall–Kier alpha value is -2.97. The zero-order valence-electron chi connectivity index (χ0n) is 16.2. The zero-order valence-corrected chi connectivity index (χ0v) is 17.0. The van der Waals surface area contributed by atoms with E-state index in [4.69, 9.17) is 9.15 Å². The molecular formula is C21H21N2O5S+. The van der Waals surface area contributed by atoms with Crippen LogP contribution in [0.1, 0.15) is 38.1 Å². The number of nitrogens with one attached hydrogen (secondary N) is 2. The van der Waals surface area contributed by atoms with Crippen LogP contribution in [0.15, 0.2) is 39.5 Å². The van der Waals surface area contributed by atoms with E-state index < -0.39 is 17.5 Å². The molecule has 0 aliphatic carbocycles. The van der Waals surface area contributed by atoms with Crippen LogP contribution in [0.4, 0.5) is 5.00 Å². The predicted molar refractivity (Wildman–Crippen MR) is 110 cm³/mol. The summed E-state index contributed by atoms with van der Waals surface area (Å²) in [6.45, 7) is 4.84. The second kappa shape index (κ2) is 7.81. The summed E-state index contributed by atoms with van der Waals surface area (Å²) in [5.74, 6) is -1.09. The fourth-order valence-electron chi connectivity index (χ4n) is 3.64. The van der Waals surface area contributed by atoms with Crippen LogP contribution in [0.2, 0.25) is 0 Å². The van der Waals surface area contributed by atoms with Crippen LogP contribution in [-0.2, 0) is 17.7 Å². The van der Waals surface area contributed by atoms with E-state index in [1.807, 2.05) is 0 Å². The first kappa shape index (κ1) is 19.4. The minimum atomic E-state index is -0.719. The number of rotatable bonds is 4. The Morgan fingerprint density at radius 3 is 2.86 bits per heavy atom. The molecule has 1 amide bonds. The highest BCUT2D eigenvalue weighted by molar-refractivity contribution is 7.17. The SMILES string of the molecule is CC[NH+]1CCc2c(sc(NC(=O)c3cc4ccccc4oc3=O)c2C(=O)OC)C1. The smallest absolute Gasteiger partial charge is 0.349 e. The molecule has 3 aromatic rings. The van der Waals surface area contributed by atoms with E-state index in [1.54, 1.807) is 24.3 Å². The van der Waals surface area contributed by atoms with Crippen molar-refractivity contribution in [2.45, 2.75) is 19.9 Å². The number of carbonyl (C=O) groups is 2. The summed E-state index contributed by atoms with van der Waals surface area (Å²) >= 11 is 1.37. The van der Waals surface area contributed by atoms with Crippen molar-refractivity contribution < 1.29 is 23.6 Å². The number of ether oxygens (including phenoxy) is 1. The largest absolute Gasteiger partial charge is 0.465 e. The molecule has 1 unspecified atom stereocenters. The van der Waals surface area contributed by atoms with Crippen LogP contribution in [0.5, 0.6) is 0 Å². The summed E-state index contributed by atoms with van der Waals surface area (Å²) in [4.78, 5) is 40.1. The lowest BCUT2D eigenvalue weighted by atomic mass is 10.0. The van der Waals surface area contributed by atoms with E-state index in [2.05, 4.69) is 12.2 Å². The highest BCUT2D eigenvalue weighted by Crippen LogP contribution is 2.35. The van der Waals surface area contributed by atoms with E-state index >= 15 is 0 Å². The fourth-order valence-corrected chi connectivity index (χ4v) is 4.94. The number of thiophene rings is 1. The van der Waals surface area contributed by atoms with E-state index in [9.17, 15) is 14.4 Å². The Morgan fingerprint density at radius 1 is 1.31 bits per heavy atom. The number of methoxy groups -OCH3 is 1. The van der Waals surface area contributed by atoms with Gasteiger partial charge in [-0.15, -0.1) is 11.3 Å². The molecule has 0 radical (unpaired) electrons. The van der Waals surface area contributed by atoms with Crippen LogP contribution in [0.3, 0.4) is 0 Å². The number of fused-ring (bicyclic) bond motifs is 2. The van der Waals surface area contributed by atoms with Crippen LogP contribution in [-0.4, -0.2) is 32.1 Å². The summed E-state index contributed by atoms with van der Waals surface area (Å²) in [7, 11) is 1.32. The van der Waals surface area contributed by atoms with E-state index in [1.165, 1.54) is 29.4 Å². The van der Waals surface area contributed by atoms with Gasteiger partial charge >= 0.3 is 11.6 Å². The van der Waals surface area contributed by atoms with Gasteiger partial charge in [0.15, 0.2) is 0 Å². The van der Waals surface area contributed by atoms with Gasteiger partial charge in [0.25, 0.3) is 5.91 Å². The van der Waals surface area contributed by atoms with Crippen LogP contribution in [0, 0.1) is 0 Å². The third-order valence-electron chi connectivity index (χ3n) is 5.23. The number of amides is 1. The standard InChI is InChI=1S/C21H20N2O5S/c1-3-23-9-8-13-16(11-23)29-19(17(13)21(26)27-2)22-18(24)14-10-12-6-4-5-7-15(12)28-20(14)25/h4-7,10H,3,8-9,11H2,1-2H3,(H,22,24)/p+1. The Morgan fingerprint density at radius 2 is 2.10 bits per heavy atom. The van der Waals surface area contributed by atoms with Gasteiger partial charge in [0.05, 0.1) is 30.6 Å². The molecule has 2 N–H and O–H groups in total. The van der Waals surface area contributed by atoms with Crippen molar-refractivity contribution in [1.29, 1.82) is 0 Å². The monoisotopic (exact) mass is 413 g/mol. The third kappa shape index (κ3) is 3.56. The molecule has 0 fully saturated rings. The molecule has 8 heteroatoms. The van der Waals surface area contributed by atoms with Crippen molar-refractivity contribution in [3.05, 3.63) is 62.3 Å². The van der Waals surface area contributed by atoms with Gasteiger partial charge in [-0.3, -0.25) is 4.79 Å². The Balaban J connectivity index is 1.71. The van der Waals surface area contributed by atoms with Crippen LogP contribution >= 0.6 is 11.3 Å². The van der Waals surface area contributed by atoms with Crippen LogP contribution in [0.25, 0.3) is 11.0 Å². The molecule has 1 aliphatic rings. The van der Waals surface area contributed by atoms with Crippen molar-refractivity contribution in [3.63, 3.8) is 0 Å². The van der Waals surface area contributed by atoms with Crippen molar-refractivity contribution in [2.24, 2.45) is 0 Å². The quantitative estimate of drug-likeness (QED) is 0.503. The maximum atomic E-state index is 12.9. The average molecular weight is 413 g/mol. The predicted octanol–water partition coefficient (Wildman–Crippen LogP) is 1.85. The van der Waals surface area contributed by atoms with E-state index in [0.29, 0.717) is 21.5 Å². The summed E-state index contributed by atoms with van der Waals surface area (Å²) in [5.41, 5.74) is 0.912. The van der Waals surface area contributed by atoms with Crippen molar-refractivity contribution in [2.75, 3.05) is 25.5 Å². The molecule has 29 heavy (non-hydrogen) atoms. The van der Waals surface area contributed by atoms with E-state index in [0.717, 1.165) is 36.5 Å². The van der Waals surface area contributed by atoms with Gasteiger partial charge < -0.3 is 19.4 Å². The van der Waals surface area contributed by atoms with Crippen molar-refractivity contribution in [1.82, 2.24) is 0 Å². The number of likely N-dealkylation sites (N-methyl/N-ethyl adjacent to an activating group) is 1. The van der Waals surface area contributed by atoms with Crippen molar-refractivity contribution in [3.8, 4) is 0 Å². The minimum Gasteiger partial charge on any atom is -0.465 e. The molecule has 0 saturated heterocycles. The van der Waals surface area contributed by atoms with Gasteiger partial charge in [0.2, 0.25) is 0 Å². The molecule has 0 bridgehead atoms. The lowest BCUT2D eigenvalue weighted by molar-refractivity contribution is -0.913. The molecule has 0 saturated carbocycles. The topological polar surface area (TPSA) is 90.0 Å². The fraction of sp³-hybridized carbons (Fsp3) is 0.286. The number of anilines is 1. The molecule has 7 nitrogen and oxygen atoms in total. The normalized spacial score (nSPS) is 15.7. The summed E-state index contributed by atoms with van der Waals surface area (Å²) < 4.78 is 10.2. The Kier molecular flexibility index (Phi) is 5.21. The minimum absolute atomic E-state index is 0.105. The number of esters is 1. The molecule has 3 heterocycles. The number of benzene rings is 1. The van der Waals surface area contributed by atoms with E-state index in [-0.39, 0.29) is 5.56 Å². The molecule has 150 valence electrons. The first-order chi connectivity index (χ1) is 14.0. The number of para-hydroxylation sites is 1. The average Bonchev–Trinajstić information content (AvgIpc) is 3.09. The maximum Gasteiger partial charge on any atom is 0.349 e. The lowest BCUT2D eigenvalue weighted by Crippen LogP contribution is -3.11. The molecule has 2 aromatic heterocycles. The second-order valence-electron chi connectivity index (χ2n) is 6.92. The summed E-state index contributed by atoms with van der Waals surface area (Å²) in [6.07, 6.45) is 0.743. The summed E-state index contributed by atoms with van der Waals surface area (Å²) in [5, 5.41) is 3.81. The number of hydrogen-bond acceptors (Lipinski definition) is 6.